The van der Waals surface area contributed by atoms with Crippen molar-refractivity contribution in [2.24, 2.45) is 0 Å². The number of carboxylic acids is 1. The van der Waals surface area contributed by atoms with Crippen LogP contribution in [-0.2, 0) is 4.79 Å². The first-order valence-corrected chi connectivity index (χ1v) is 5.79. The first-order valence-electron chi connectivity index (χ1n) is 5.79. The number of hydrogen-bond donors (Lipinski definition) is 2. The van der Waals surface area contributed by atoms with Gasteiger partial charge in [0, 0.05) is 11.2 Å². The first kappa shape index (κ1) is 13.6. The van der Waals surface area contributed by atoms with Crippen LogP contribution in [0, 0.1) is 20.8 Å². The van der Waals surface area contributed by atoms with Gasteiger partial charge in [0.1, 0.15) is 0 Å². The first-order chi connectivity index (χ1) is 7.71. The van der Waals surface area contributed by atoms with E-state index in [1.165, 1.54) is 5.56 Å². The molecule has 0 bridgehead atoms. The van der Waals surface area contributed by atoms with E-state index in [-0.39, 0.29) is 6.42 Å². The number of aliphatic carboxylic acids is 1. The smallest absolute Gasteiger partial charge is 0.305 e. The van der Waals surface area contributed by atoms with Gasteiger partial charge in [0.2, 0.25) is 0 Å². The maximum Gasteiger partial charge on any atom is 0.305 e. The molecule has 0 atom stereocenters. The minimum atomic E-state index is -0.787. The van der Waals surface area contributed by atoms with Gasteiger partial charge in [-0.25, -0.2) is 0 Å². The molecule has 0 amide bonds. The predicted molar refractivity (Wildman–Crippen MR) is 70.6 cm³/mol. The molecular formula is C14H21NO2. The summed E-state index contributed by atoms with van der Waals surface area (Å²) >= 11 is 0. The van der Waals surface area contributed by atoms with Gasteiger partial charge in [0.05, 0.1) is 6.42 Å². The van der Waals surface area contributed by atoms with Crippen LogP contribution in [0.4, 0.5) is 5.69 Å². The Balaban J connectivity index is 2.99. The van der Waals surface area contributed by atoms with Crippen molar-refractivity contribution in [3.8, 4) is 0 Å². The number of carbonyl (C=O) groups is 1. The van der Waals surface area contributed by atoms with Crippen molar-refractivity contribution in [1.82, 2.24) is 0 Å². The molecule has 1 rings (SSSR count). The second kappa shape index (κ2) is 4.78. The van der Waals surface area contributed by atoms with Gasteiger partial charge in [-0.15, -0.1) is 0 Å². The van der Waals surface area contributed by atoms with Crippen molar-refractivity contribution in [1.29, 1.82) is 0 Å². The zero-order valence-electron chi connectivity index (χ0n) is 11.2. The molecule has 0 unspecified atom stereocenters. The van der Waals surface area contributed by atoms with Crippen LogP contribution in [-0.4, -0.2) is 16.6 Å². The second-order valence-corrected chi connectivity index (χ2v) is 5.35. The summed E-state index contributed by atoms with van der Waals surface area (Å²) in [5, 5.41) is 12.2. The van der Waals surface area contributed by atoms with E-state index >= 15 is 0 Å². The van der Waals surface area contributed by atoms with Gasteiger partial charge >= 0.3 is 5.97 Å². The summed E-state index contributed by atoms with van der Waals surface area (Å²) in [4.78, 5) is 10.8. The van der Waals surface area contributed by atoms with Crippen molar-refractivity contribution in [3.05, 3.63) is 28.8 Å². The zero-order chi connectivity index (χ0) is 13.2. The van der Waals surface area contributed by atoms with E-state index in [0.717, 1.165) is 16.8 Å². The lowest BCUT2D eigenvalue weighted by Crippen LogP contribution is -2.34. The molecule has 0 spiro atoms. The van der Waals surface area contributed by atoms with E-state index in [9.17, 15) is 4.79 Å². The molecule has 0 heterocycles. The van der Waals surface area contributed by atoms with Crippen molar-refractivity contribution in [3.63, 3.8) is 0 Å². The molecule has 1 aromatic carbocycles. The Labute approximate surface area is 103 Å². The summed E-state index contributed by atoms with van der Waals surface area (Å²) in [6, 6.07) is 4.21. The Morgan fingerprint density at radius 3 is 2.12 bits per heavy atom. The van der Waals surface area contributed by atoms with Crippen LogP contribution in [0.15, 0.2) is 12.1 Å². The molecule has 0 aliphatic rings. The van der Waals surface area contributed by atoms with Crippen molar-refractivity contribution >= 4 is 11.7 Å². The van der Waals surface area contributed by atoms with E-state index in [2.05, 4.69) is 24.4 Å². The molecule has 0 aromatic heterocycles. The highest BCUT2D eigenvalue weighted by Gasteiger charge is 2.22. The van der Waals surface area contributed by atoms with Gasteiger partial charge in [-0.1, -0.05) is 17.7 Å². The Morgan fingerprint density at radius 2 is 1.71 bits per heavy atom. The number of hydrogen-bond acceptors (Lipinski definition) is 2. The standard InChI is InChI=1S/C14H21NO2/c1-9-6-10(2)13(11(3)7-9)15-14(4,5)8-12(16)17/h6-7,15H,8H2,1-5H3,(H,16,17). The molecular weight excluding hydrogens is 214 g/mol. The fourth-order valence-corrected chi connectivity index (χ4v) is 2.14. The summed E-state index contributed by atoms with van der Waals surface area (Å²) < 4.78 is 0. The van der Waals surface area contributed by atoms with Crippen LogP contribution in [0.2, 0.25) is 0 Å². The van der Waals surface area contributed by atoms with Crippen LogP contribution in [0.3, 0.4) is 0 Å². The van der Waals surface area contributed by atoms with Crippen LogP contribution in [0.1, 0.15) is 37.0 Å². The van der Waals surface area contributed by atoms with E-state index in [0.29, 0.717) is 0 Å². The number of anilines is 1. The molecule has 0 aliphatic carbocycles. The third kappa shape index (κ3) is 3.77. The highest BCUT2D eigenvalue weighted by atomic mass is 16.4. The maximum atomic E-state index is 10.8. The SMILES string of the molecule is Cc1cc(C)c(NC(C)(C)CC(=O)O)c(C)c1. The third-order valence-corrected chi connectivity index (χ3v) is 2.73. The third-order valence-electron chi connectivity index (χ3n) is 2.73. The molecule has 0 radical (unpaired) electrons. The predicted octanol–water partition coefficient (Wildman–Crippen LogP) is 3.28. The largest absolute Gasteiger partial charge is 0.481 e. The Morgan fingerprint density at radius 1 is 1.24 bits per heavy atom. The van der Waals surface area contributed by atoms with E-state index in [4.69, 9.17) is 5.11 Å². The quantitative estimate of drug-likeness (QED) is 0.842. The minimum absolute atomic E-state index is 0.0970. The Bertz CT molecular complexity index is 413. The van der Waals surface area contributed by atoms with Gasteiger partial charge < -0.3 is 10.4 Å². The number of aryl methyl sites for hydroxylation is 3. The minimum Gasteiger partial charge on any atom is -0.481 e. The lowest BCUT2D eigenvalue weighted by atomic mass is 9.97. The average molecular weight is 235 g/mol. The lowest BCUT2D eigenvalue weighted by molar-refractivity contribution is -0.137. The molecule has 17 heavy (non-hydrogen) atoms. The van der Waals surface area contributed by atoms with Crippen molar-refractivity contribution in [2.75, 3.05) is 5.32 Å². The summed E-state index contributed by atoms with van der Waals surface area (Å²) in [6.07, 6.45) is 0.0970. The molecule has 3 heteroatoms. The van der Waals surface area contributed by atoms with Crippen LogP contribution < -0.4 is 5.32 Å². The van der Waals surface area contributed by atoms with E-state index in [1.54, 1.807) is 0 Å². The summed E-state index contributed by atoms with van der Waals surface area (Å²) in [5.74, 6) is -0.787. The van der Waals surface area contributed by atoms with Crippen molar-refractivity contribution < 1.29 is 9.90 Å². The van der Waals surface area contributed by atoms with Gasteiger partial charge in [-0.3, -0.25) is 4.79 Å². The molecule has 3 nitrogen and oxygen atoms in total. The molecule has 0 saturated carbocycles. The fourth-order valence-electron chi connectivity index (χ4n) is 2.14. The van der Waals surface area contributed by atoms with E-state index in [1.807, 2.05) is 27.7 Å². The number of nitrogens with one attached hydrogen (secondary N) is 1. The highest BCUT2D eigenvalue weighted by molar-refractivity contribution is 5.70. The molecule has 2 N–H and O–H groups in total. The molecule has 1 aromatic rings. The van der Waals surface area contributed by atoms with Gasteiger partial charge in [-0.05, 0) is 45.7 Å². The monoisotopic (exact) mass is 235 g/mol. The summed E-state index contributed by atoms with van der Waals surface area (Å²) in [5.41, 5.74) is 4.13. The second-order valence-electron chi connectivity index (χ2n) is 5.35. The normalized spacial score (nSPS) is 11.4. The Hall–Kier alpha value is -1.51. The number of benzene rings is 1. The van der Waals surface area contributed by atoms with Crippen LogP contribution in [0.5, 0.6) is 0 Å². The number of rotatable bonds is 4. The summed E-state index contributed by atoms with van der Waals surface area (Å²) in [6.45, 7) is 9.95. The number of carboxylic acid groups (broad SMARTS) is 1. The maximum absolute atomic E-state index is 10.8. The van der Waals surface area contributed by atoms with E-state index < -0.39 is 11.5 Å². The Kier molecular flexibility index (Phi) is 3.81. The molecule has 0 fully saturated rings. The van der Waals surface area contributed by atoms with Gasteiger partial charge in [-0.2, -0.15) is 0 Å². The fraction of sp³-hybridized carbons (Fsp3) is 0.500. The molecule has 0 aliphatic heterocycles. The highest BCUT2D eigenvalue weighted by Crippen LogP contribution is 2.26. The zero-order valence-corrected chi connectivity index (χ0v) is 11.2. The van der Waals surface area contributed by atoms with Crippen LogP contribution in [0.25, 0.3) is 0 Å². The topological polar surface area (TPSA) is 49.3 Å². The summed E-state index contributed by atoms with van der Waals surface area (Å²) in [7, 11) is 0. The average Bonchev–Trinajstić information content (AvgIpc) is 2.09. The lowest BCUT2D eigenvalue weighted by Gasteiger charge is -2.28. The molecule has 94 valence electrons. The van der Waals surface area contributed by atoms with Crippen molar-refractivity contribution in [2.45, 2.75) is 46.6 Å². The van der Waals surface area contributed by atoms with Crippen LogP contribution >= 0.6 is 0 Å². The van der Waals surface area contributed by atoms with Gasteiger partial charge in [0.25, 0.3) is 0 Å². The van der Waals surface area contributed by atoms with Gasteiger partial charge in [0.15, 0.2) is 0 Å². The molecule has 0 saturated heterocycles.